The third kappa shape index (κ3) is 22.9. The molecule has 0 spiro atoms. The van der Waals surface area contributed by atoms with Gasteiger partial charge >= 0.3 is 24.4 Å². The number of nitrogens with zero attached hydrogens (tertiary/aromatic N) is 20. The number of ketones is 1. The van der Waals surface area contributed by atoms with E-state index in [1.165, 1.54) is 79.4 Å². The van der Waals surface area contributed by atoms with Gasteiger partial charge in [-0.3, -0.25) is 34.8 Å². The van der Waals surface area contributed by atoms with Crippen LogP contribution in [0.15, 0.2) is 160 Å². The number of likely N-dealkylation sites (tertiary alicyclic amines) is 1. The first kappa shape index (κ1) is 93.6. The van der Waals surface area contributed by atoms with E-state index in [-0.39, 0.29) is 78.6 Å². The van der Waals surface area contributed by atoms with Crippen molar-refractivity contribution < 1.29 is 69.3 Å². The molecule has 139 heavy (non-hydrogen) atoms. The predicted molar refractivity (Wildman–Crippen MR) is 529 cm³/mol. The van der Waals surface area contributed by atoms with Gasteiger partial charge in [0.1, 0.15) is 93.7 Å². The van der Waals surface area contributed by atoms with E-state index in [4.69, 9.17) is 19.4 Å². The summed E-state index contributed by atoms with van der Waals surface area (Å²) in [4.78, 5) is 88.6. The average molecular weight is 1990 g/mol. The smallest absolute Gasteiger partial charge is 0.406 e. The third-order valence-electron chi connectivity index (χ3n) is 25.2. The van der Waals surface area contributed by atoms with E-state index in [9.17, 15) is 49.8 Å². The van der Waals surface area contributed by atoms with E-state index in [0.717, 1.165) is 138 Å². The molecule has 4 aromatic carbocycles. The number of β-amino-alcohol motifs (C(OH)–C–C–N with tert-alkyl or cyclic N) is 1. The van der Waals surface area contributed by atoms with Crippen LogP contribution in [0, 0.1) is 59.3 Å². The molecule has 5 saturated heterocycles. The Balaban J connectivity index is 0.000000160. The number of Topliss-reactive ketones (excluding diaryl/α,β-unsaturated/α-hetero) is 1. The molecule has 14 aromatic rings. The lowest BCUT2D eigenvalue weighted by atomic mass is 9.89. The SMILES string of the molecule is Cc1cc(Nc2cc(N3CC(F)(C4CC4)C3)nc(Sc3ccc4c(c3)CN(CC(F)(F)F)C4=O)n2)n[nH]1.Cc1cc(Nc2cc(N3CC(O)(C4CC4)C3)nc(Oc3ccc4nc(C)sc4c3)n2)n[nH]1.Cc1ccc2cc(Sc3nc(Nc4cc(C)[nH]n4)cc(N4CC(N5CCCC5)C4)n3)ccc2n1.Cc1cnc(Nc2cc(N3CC(F)(C4CC4)C3)nc(Oc3ccc(CC(=O)CC(F)(F)F)cc3)n2)s1.[HH].[HH].[HH].[HH].[HH].[HH].[HH]. The number of aromatic nitrogens is 17. The first-order chi connectivity index (χ1) is 66.6. The van der Waals surface area contributed by atoms with Gasteiger partial charge in [-0.05, 0) is 225 Å². The number of pyridine rings is 1. The van der Waals surface area contributed by atoms with Crippen LogP contribution >= 0.6 is 46.2 Å². The molecular weight excluding hydrogens is 1880 g/mol. The van der Waals surface area contributed by atoms with Crippen molar-refractivity contribution in [3.63, 3.8) is 0 Å². The summed E-state index contributed by atoms with van der Waals surface area (Å²) >= 11 is 5.87. The Morgan fingerprint density at radius 2 is 1.04 bits per heavy atom. The van der Waals surface area contributed by atoms with E-state index in [0.29, 0.717) is 109 Å². The molecule has 10 aromatic heterocycles. The summed E-state index contributed by atoms with van der Waals surface area (Å²) in [7, 11) is 0. The highest BCUT2D eigenvalue weighted by molar-refractivity contribution is 7.99. The summed E-state index contributed by atoms with van der Waals surface area (Å²) < 4.78 is 119. The molecule has 23 rings (SSSR count). The number of ether oxygens (including phenoxy) is 2. The standard InChI is InChI=1S/C25H28N8S.C24H23F4N7OS.C24H23F4N5O2S.C22H23N7O2S.7H2/c1-16-5-6-18-12-20(7-8-21(18)26-16)34-25-28-22(27-23-11-17(2)30-31-23)13-24(29-25)33-14-19(15-33)32-9-3-4-10-32;1-13-6-19(33-32-13)29-18-8-20(35-10-23(25,11-35)15-2-3-15)31-22(30-18)37-16-4-5-17-14(7-16)9-34(21(17)36)12-24(26,27)28;1-14-11-29-22(36-14)31-19-9-20(33-12-23(25,13-33)16-4-5-16)32-21(30-19)35-18-6-2-15(3-7-18)8-17(34)10-24(26,27)28;1-12-7-19(28-27-12)24-18-9-20(29-10-22(30,11-29)14-3-4-14)26-21(25-18)31-15-5-6-16-17(8-15)32-13(2)23-16;;;;;;;/h5-8,11-13,19H,3-4,9-10,14-15H2,1-2H3,(H2,27,28,29,30,31);4-8,15H,2-3,9-12H2,1H3,(H2,29,30,31,32,33);2-3,6-7,9,11,16H,4-5,8,10,12-13H2,1H3,(H,29,30,31,32);5-9,14,30H,3-4,10-11H2,1-2H3,(H2,24,25,26,27,28);7*1H. The van der Waals surface area contributed by atoms with Gasteiger partial charge in [0.25, 0.3) is 5.91 Å². The minimum Gasteiger partial charge on any atom is -0.424 e. The number of halogens is 8. The number of alkyl halides is 8. The number of aryl methyl sites for hydroxylation is 6. The third-order valence-corrected chi connectivity index (χ3v) is 28.6. The van der Waals surface area contributed by atoms with Crippen LogP contribution in [0.4, 0.5) is 104 Å². The van der Waals surface area contributed by atoms with Crippen molar-refractivity contribution in [3.8, 4) is 23.5 Å². The van der Waals surface area contributed by atoms with Gasteiger partial charge < -0.3 is 60.3 Å². The van der Waals surface area contributed by atoms with Gasteiger partial charge in [-0.15, -0.1) is 22.7 Å². The second-order valence-electron chi connectivity index (χ2n) is 36.9. The lowest BCUT2D eigenvalue weighted by Crippen LogP contribution is -2.63. The zero-order valence-corrected chi connectivity index (χ0v) is 79.6. The number of thiazole rings is 2. The minimum absolute atomic E-state index is 0. The number of hydrogen-bond acceptors (Lipinski definition) is 32. The zero-order chi connectivity index (χ0) is 96.4. The van der Waals surface area contributed by atoms with E-state index in [1.54, 1.807) is 53.6 Å². The largest absolute Gasteiger partial charge is 0.424 e. The van der Waals surface area contributed by atoms with Crippen LogP contribution in [0.5, 0.6) is 23.5 Å². The van der Waals surface area contributed by atoms with Crippen LogP contribution in [0.1, 0.15) is 122 Å². The van der Waals surface area contributed by atoms with Gasteiger partial charge in [0.2, 0.25) is 0 Å². The average Bonchev–Trinajstić information content (AvgIpc) is 1.57. The maximum absolute atomic E-state index is 15.0. The Hall–Kier alpha value is -13.0. The lowest BCUT2D eigenvalue weighted by Gasteiger charge is -2.47. The van der Waals surface area contributed by atoms with E-state index in [1.807, 2.05) is 106 Å². The number of rotatable bonds is 28. The molecule has 0 unspecified atom stereocenters. The number of H-pyrrole nitrogens is 3. The first-order valence-corrected chi connectivity index (χ1v) is 49.0. The van der Waals surface area contributed by atoms with Gasteiger partial charge in [0.05, 0.1) is 60.0 Å². The number of carbonyl (C=O) groups excluding carboxylic acids is 2. The Bertz CT molecular complexity index is 6920. The van der Waals surface area contributed by atoms with Crippen LogP contribution in [-0.4, -0.2) is 219 Å². The van der Waals surface area contributed by atoms with Crippen molar-refractivity contribution >= 4 is 148 Å². The molecule has 8 fully saturated rings. The van der Waals surface area contributed by atoms with Gasteiger partial charge in [-0.2, -0.15) is 61.6 Å². The molecule has 16 heterocycles. The van der Waals surface area contributed by atoms with E-state index < -0.39 is 53.9 Å². The highest BCUT2D eigenvalue weighted by atomic mass is 32.2. The number of anilines is 12. The summed E-state index contributed by atoms with van der Waals surface area (Å²) in [6, 6.07) is 41.2. The highest BCUT2D eigenvalue weighted by Crippen LogP contribution is 2.52. The second kappa shape index (κ2) is 38.3. The molecule has 1 amide bonds. The van der Waals surface area contributed by atoms with Crippen LogP contribution in [0.2, 0.25) is 0 Å². The van der Waals surface area contributed by atoms with Crippen molar-refractivity contribution in [3.05, 3.63) is 189 Å². The Morgan fingerprint density at radius 3 is 1.57 bits per heavy atom. The molecule has 32 nitrogen and oxygen atoms in total. The molecule has 0 atom stereocenters. The highest BCUT2D eigenvalue weighted by Gasteiger charge is 2.56. The number of aliphatic hydroxyl groups is 1. The van der Waals surface area contributed by atoms with Gasteiger partial charge in [-0.25, -0.2) is 38.7 Å². The number of benzene rings is 4. The Morgan fingerprint density at radius 1 is 0.525 bits per heavy atom. The van der Waals surface area contributed by atoms with Crippen LogP contribution in [-0.2, 0) is 17.8 Å². The van der Waals surface area contributed by atoms with Crippen molar-refractivity contribution in [1.82, 2.24) is 95.2 Å². The Labute approximate surface area is 819 Å². The molecule has 9 aliphatic rings. The topological polar surface area (TPSA) is 368 Å². The molecule has 0 bridgehead atoms. The predicted octanol–water partition coefficient (Wildman–Crippen LogP) is 20.8. The van der Waals surface area contributed by atoms with Crippen molar-refractivity contribution in [2.45, 2.75) is 168 Å². The number of hydrogen-bond donors (Lipinski definition) is 8. The van der Waals surface area contributed by atoms with E-state index >= 15 is 0 Å². The zero-order valence-electron chi connectivity index (χ0n) is 76.3. The maximum Gasteiger partial charge on any atom is 0.406 e. The number of amides is 1. The van der Waals surface area contributed by atoms with Crippen LogP contribution in [0.25, 0.3) is 21.1 Å². The fourth-order valence-corrected chi connectivity index (χ4v) is 20.9. The molecule has 0 radical (unpaired) electrons. The monoisotopic (exact) mass is 1990 g/mol. The second-order valence-corrected chi connectivity index (χ2v) is 41.4. The summed E-state index contributed by atoms with van der Waals surface area (Å²) in [5.41, 5.74) is 4.05. The van der Waals surface area contributed by atoms with Gasteiger partial charge in [-0.1, -0.05) is 18.2 Å². The normalized spacial score (nSPS) is 17.5. The van der Waals surface area contributed by atoms with Gasteiger partial charge in [0, 0.05) is 145 Å². The molecule has 736 valence electrons. The maximum atomic E-state index is 15.0. The Kier molecular flexibility index (Phi) is 25.8. The molecule has 6 aliphatic heterocycles. The van der Waals surface area contributed by atoms with Crippen LogP contribution in [0.3, 0.4) is 0 Å². The number of nitrogens with one attached hydrogen (secondary N) is 7. The fourth-order valence-electron chi connectivity index (χ4n) is 17.7. The van der Waals surface area contributed by atoms with E-state index in [2.05, 4.69) is 136 Å². The van der Waals surface area contributed by atoms with Crippen molar-refractivity contribution in [2.24, 2.45) is 17.8 Å². The number of fused-ring (bicyclic) bond motifs is 3. The summed E-state index contributed by atoms with van der Waals surface area (Å²) in [6.45, 7) is 17.0. The molecule has 44 heteroatoms. The minimum atomic E-state index is -4.53. The van der Waals surface area contributed by atoms with Crippen molar-refractivity contribution in [2.75, 3.05) is 113 Å². The summed E-state index contributed by atoms with van der Waals surface area (Å²) in [6.07, 6.45) is -0.527. The molecule has 3 saturated carbocycles. The first-order valence-electron chi connectivity index (χ1n) is 45.7. The van der Waals surface area contributed by atoms with Crippen molar-refractivity contribution in [1.29, 1.82) is 0 Å². The lowest BCUT2D eigenvalue weighted by molar-refractivity contribution is -0.151. The van der Waals surface area contributed by atoms with Crippen LogP contribution < -0.4 is 50.3 Å². The molecular formula is C95H111F8N27O5S4. The quantitative estimate of drug-likeness (QED) is 0.0167. The molecule has 3 aliphatic carbocycles. The molecule has 8 N–H and O–H groups in total. The number of aromatic amines is 3. The summed E-state index contributed by atoms with van der Waals surface area (Å²) in [5, 5.41) is 48.9. The summed E-state index contributed by atoms with van der Waals surface area (Å²) in [5.74, 6) is 7.09. The van der Waals surface area contributed by atoms with Gasteiger partial charge in [0.15, 0.2) is 32.9 Å². The number of carbonyl (C=O) groups is 2. The fraction of sp³-hybridized carbons (Fsp3) is 0.389.